The van der Waals surface area contributed by atoms with E-state index in [1.54, 1.807) is 0 Å². The van der Waals surface area contributed by atoms with Gasteiger partial charge in [0, 0.05) is 37.9 Å². The van der Waals surface area contributed by atoms with Crippen LogP contribution >= 0.6 is 0 Å². The molecule has 2 amide bonds. The number of anilines is 1. The summed E-state index contributed by atoms with van der Waals surface area (Å²) in [5.74, 6) is 1.29. The number of fused-ring (bicyclic) bond motifs is 1. The number of carbonyl (C=O) groups is 1. The Kier molecular flexibility index (Phi) is 4.39. The van der Waals surface area contributed by atoms with Crippen LogP contribution in [0.25, 0.3) is 11.0 Å². The fourth-order valence-electron chi connectivity index (χ4n) is 4.17. The number of likely N-dealkylation sites (tertiary alicyclic amines) is 1. The lowest BCUT2D eigenvalue weighted by atomic mass is 9.99. The van der Waals surface area contributed by atoms with Crippen molar-refractivity contribution in [3.8, 4) is 0 Å². The molecular weight excluding hydrogens is 350 g/mol. The molecule has 0 saturated carbocycles. The van der Waals surface area contributed by atoms with E-state index in [2.05, 4.69) is 44.5 Å². The van der Waals surface area contributed by atoms with Crippen molar-refractivity contribution in [3.05, 3.63) is 60.4 Å². The highest BCUT2D eigenvalue weighted by atomic mass is 16.2. The van der Waals surface area contributed by atoms with Crippen LogP contribution in [0.1, 0.15) is 24.6 Å². The van der Waals surface area contributed by atoms with E-state index in [4.69, 9.17) is 0 Å². The fraction of sp³-hybridized carbons (Fsp3) is 0.364. The van der Waals surface area contributed by atoms with E-state index in [0.717, 1.165) is 55.9 Å². The predicted octanol–water partition coefficient (Wildman–Crippen LogP) is 3.34. The van der Waals surface area contributed by atoms with E-state index < -0.39 is 0 Å². The van der Waals surface area contributed by atoms with Crippen LogP contribution in [-0.4, -0.2) is 53.1 Å². The zero-order chi connectivity index (χ0) is 18.9. The van der Waals surface area contributed by atoms with E-state index in [1.165, 1.54) is 5.69 Å². The fourth-order valence-corrected chi connectivity index (χ4v) is 4.17. The molecule has 0 atom stereocenters. The van der Waals surface area contributed by atoms with Crippen LogP contribution in [-0.2, 0) is 0 Å². The smallest absolute Gasteiger partial charge is 0.317 e. The molecule has 2 aliphatic rings. The highest BCUT2D eigenvalue weighted by molar-refractivity contribution is 5.77. The standard InChI is InChI=1S/C22H25N5O/c28-22(23-17-10-12-26(13-11-17)18-6-2-1-3-7-18)27-14-16(15-27)21-24-19-8-4-5-9-20(19)25-21/h1-9,16-17H,10-15H2,(H,23,28)(H,24,25). The zero-order valence-electron chi connectivity index (χ0n) is 15.8. The molecule has 6 nitrogen and oxygen atoms in total. The van der Waals surface area contributed by atoms with Gasteiger partial charge in [-0.3, -0.25) is 0 Å². The summed E-state index contributed by atoms with van der Waals surface area (Å²) in [7, 11) is 0. The van der Waals surface area contributed by atoms with Crippen LogP contribution < -0.4 is 10.2 Å². The van der Waals surface area contributed by atoms with Crippen LogP contribution in [0.2, 0.25) is 0 Å². The van der Waals surface area contributed by atoms with Crippen LogP contribution in [0.15, 0.2) is 54.6 Å². The third-order valence-corrected chi connectivity index (χ3v) is 5.91. The summed E-state index contributed by atoms with van der Waals surface area (Å²) in [5.41, 5.74) is 3.32. The number of hydrogen-bond acceptors (Lipinski definition) is 3. The van der Waals surface area contributed by atoms with Crippen LogP contribution in [0, 0.1) is 0 Å². The van der Waals surface area contributed by atoms with Gasteiger partial charge < -0.3 is 20.1 Å². The molecule has 3 heterocycles. The van der Waals surface area contributed by atoms with Gasteiger partial charge in [-0.15, -0.1) is 0 Å². The maximum absolute atomic E-state index is 12.6. The quantitative estimate of drug-likeness (QED) is 0.738. The number of amides is 2. The normalized spacial score (nSPS) is 18.3. The molecule has 2 N–H and O–H groups in total. The predicted molar refractivity (Wildman–Crippen MR) is 111 cm³/mol. The summed E-state index contributed by atoms with van der Waals surface area (Å²) in [6.07, 6.45) is 1.98. The number of imidazole rings is 1. The van der Waals surface area contributed by atoms with Gasteiger partial charge in [-0.05, 0) is 37.1 Å². The number of urea groups is 1. The number of aromatic nitrogens is 2. The lowest BCUT2D eigenvalue weighted by molar-refractivity contribution is 0.144. The number of nitrogens with one attached hydrogen (secondary N) is 2. The largest absolute Gasteiger partial charge is 0.371 e. The van der Waals surface area contributed by atoms with Crippen molar-refractivity contribution in [2.45, 2.75) is 24.8 Å². The molecule has 2 aromatic carbocycles. The molecule has 2 saturated heterocycles. The minimum atomic E-state index is 0.0607. The summed E-state index contributed by atoms with van der Waals surface area (Å²) in [5, 5.41) is 3.22. The van der Waals surface area contributed by atoms with Crippen molar-refractivity contribution in [1.29, 1.82) is 0 Å². The molecule has 3 aromatic rings. The first kappa shape index (κ1) is 17.1. The minimum absolute atomic E-state index is 0.0607. The van der Waals surface area contributed by atoms with Crippen molar-refractivity contribution < 1.29 is 4.79 Å². The topological polar surface area (TPSA) is 64.3 Å². The van der Waals surface area contributed by atoms with Crippen LogP contribution in [0.4, 0.5) is 10.5 Å². The second-order valence-corrected chi connectivity index (χ2v) is 7.79. The number of nitrogens with zero attached hydrogens (tertiary/aromatic N) is 3. The van der Waals surface area contributed by atoms with Gasteiger partial charge in [0.15, 0.2) is 0 Å². The van der Waals surface area contributed by atoms with E-state index in [1.807, 2.05) is 35.2 Å². The van der Waals surface area contributed by atoms with Gasteiger partial charge in [0.1, 0.15) is 5.82 Å². The van der Waals surface area contributed by atoms with E-state index >= 15 is 0 Å². The van der Waals surface area contributed by atoms with Crippen molar-refractivity contribution in [2.24, 2.45) is 0 Å². The molecule has 2 aliphatic heterocycles. The molecule has 6 heteroatoms. The summed E-state index contributed by atoms with van der Waals surface area (Å²) in [6, 6.07) is 18.9. The van der Waals surface area contributed by atoms with Gasteiger partial charge in [-0.1, -0.05) is 30.3 Å². The number of aromatic amines is 1. The molecule has 0 unspecified atom stereocenters. The zero-order valence-corrected chi connectivity index (χ0v) is 15.8. The number of benzene rings is 2. The molecule has 2 fully saturated rings. The van der Waals surface area contributed by atoms with Gasteiger partial charge in [0.25, 0.3) is 0 Å². The Bertz CT molecular complexity index is 922. The lowest BCUT2D eigenvalue weighted by Gasteiger charge is -2.40. The molecule has 0 radical (unpaired) electrons. The molecule has 0 spiro atoms. The van der Waals surface area contributed by atoms with Crippen LogP contribution in [0.3, 0.4) is 0 Å². The van der Waals surface area contributed by atoms with Gasteiger partial charge in [-0.2, -0.15) is 0 Å². The van der Waals surface area contributed by atoms with Crippen molar-refractivity contribution in [1.82, 2.24) is 20.2 Å². The average Bonchev–Trinajstić information content (AvgIpc) is 3.11. The number of para-hydroxylation sites is 3. The molecule has 5 rings (SSSR count). The molecule has 0 aliphatic carbocycles. The highest BCUT2D eigenvalue weighted by Gasteiger charge is 2.34. The number of carbonyl (C=O) groups excluding carboxylic acids is 1. The van der Waals surface area contributed by atoms with Crippen molar-refractivity contribution in [2.75, 3.05) is 31.1 Å². The third-order valence-electron chi connectivity index (χ3n) is 5.91. The summed E-state index contributed by atoms with van der Waals surface area (Å²) >= 11 is 0. The lowest BCUT2D eigenvalue weighted by Crippen LogP contribution is -2.56. The van der Waals surface area contributed by atoms with Crippen molar-refractivity contribution in [3.63, 3.8) is 0 Å². The molecular formula is C22H25N5O. The Morgan fingerprint density at radius 1 is 1.00 bits per heavy atom. The Hall–Kier alpha value is -3.02. The van der Waals surface area contributed by atoms with E-state index in [-0.39, 0.29) is 12.1 Å². The first-order valence-corrected chi connectivity index (χ1v) is 10.1. The average molecular weight is 375 g/mol. The summed E-state index contributed by atoms with van der Waals surface area (Å²) in [4.78, 5) is 24.9. The molecule has 0 bridgehead atoms. The first-order chi connectivity index (χ1) is 13.8. The SMILES string of the molecule is O=C(NC1CCN(c2ccccc2)CC1)N1CC(c2nc3ccccc3[nH]2)C1. The molecule has 144 valence electrons. The highest BCUT2D eigenvalue weighted by Crippen LogP contribution is 2.27. The number of rotatable bonds is 3. The van der Waals surface area contributed by atoms with Crippen molar-refractivity contribution >= 4 is 22.8 Å². The second kappa shape index (κ2) is 7.19. The Morgan fingerprint density at radius 3 is 2.46 bits per heavy atom. The summed E-state index contributed by atoms with van der Waals surface area (Å²) in [6.45, 7) is 3.43. The molecule has 1 aromatic heterocycles. The van der Waals surface area contributed by atoms with Gasteiger partial charge in [0.2, 0.25) is 0 Å². The number of H-pyrrole nitrogens is 1. The number of hydrogen-bond donors (Lipinski definition) is 2. The Labute approximate surface area is 164 Å². The monoisotopic (exact) mass is 375 g/mol. The maximum atomic E-state index is 12.6. The second-order valence-electron chi connectivity index (χ2n) is 7.79. The van der Waals surface area contributed by atoms with Gasteiger partial charge in [0.05, 0.1) is 17.0 Å². The van der Waals surface area contributed by atoms with Crippen LogP contribution in [0.5, 0.6) is 0 Å². The first-order valence-electron chi connectivity index (χ1n) is 10.1. The summed E-state index contributed by atoms with van der Waals surface area (Å²) < 4.78 is 0. The maximum Gasteiger partial charge on any atom is 0.317 e. The molecule has 28 heavy (non-hydrogen) atoms. The van der Waals surface area contributed by atoms with Gasteiger partial charge in [-0.25, -0.2) is 9.78 Å². The Morgan fingerprint density at radius 2 is 1.71 bits per heavy atom. The minimum Gasteiger partial charge on any atom is -0.371 e. The van der Waals surface area contributed by atoms with E-state index in [0.29, 0.717) is 5.92 Å². The number of piperidine rings is 1. The van der Waals surface area contributed by atoms with E-state index in [9.17, 15) is 4.79 Å². The third kappa shape index (κ3) is 3.30. The van der Waals surface area contributed by atoms with Gasteiger partial charge >= 0.3 is 6.03 Å². The Balaban J connectivity index is 1.11.